The highest BCUT2D eigenvalue weighted by atomic mass is 32.1. The lowest BCUT2D eigenvalue weighted by molar-refractivity contribution is 0.0923. The molecule has 1 aliphatic carbocycles. The molecule has 0 amide bonds. The van der Waals surface area contributed by atoms with Gasteiger partial charge in [0.15, 0.2) is 10.9 Å². The molecule has 0 saturated heterocycles. The molecule has 1 heterocycles. The Morgan fingerprint density at radius 1 is 0.903 bits per heavy atom. The number of aromatic nitrogens is 1. The topological polar surface area (TPSA) is 42.0 Å². The molecule has 31 heavy (non-hydrogen) atoms. The van der Waals surface area contributed by atoms with Crippen molar-refractivity contribution in [3.8, 4) is 11.1 Å². The van der Waals surface area contributed by atoms with E-state index < -0.39 is 0 Å². The Hall–Kier alpha value is -2.98. The molecule has 0 atom stereocenters. The van der Waals surface area contributed by atoms with Gasteiger partial charge in [0.05, 0.1) is 10.2 Å². The van der Waals surface area contributed by atoms with E-state index in [0.29, 0.717) is 5.78 Å². The maximum Gasteiger partial charge on any atom is 0.188 e. The van der Waals surface area contributed by atoms with Crippen LogP contribution in [0, 0.1) is 19.8 Å². The van der Waals surface area contributed by atoms with Crippen LogP contribution in [0.4, 0.5) is 10.8 Å². The summed E-state index contributed by atoms with van der Waals surface area (Å²) in [7, 11) is 0. The molecule has 1 N–H and O–H groups in total. The number of rotatable bonds is 5. The Bertz CT molecular complexity index is 1190. The van der Waals surface area contributed by atoms with Crippen molar-refractivity contribution in [2.75, 3.05) is 5.32 Å². The lowest BCUT2D eigenvalue weighted by Gasteiger charge is -2.09. The monoisotopic (exact) mass is 426 g/mol. The molecular formula is C27H26N2OS. The summed E-state index contributed by atoms with van der Waals surface area (Å²) >= 11 is 1.68. The summed E-state index contributed by atoms with van der Waals surface area (Å²) in [5.41, 5.74) is 7.73. The third kappa shape index (κ3) is 4.13. The van der Waals surface area contributed by atoms with Crippen LogP contribution in [0.25, 0.3) is 21.3 Å². The first-order valence-corrected chi connectivity index (χ1v) is 11.8. The number of hydrogen-bond donors (Lipinski definition) is 1. The van der Waals surface area contributed by atoms with Gasteiger partial charge >= 0.3 is 0 Å². The molecule has 0 bridgehead atoms. The van der Waals surface area contributed by atoms with E-state index in [-0.39, 0.29) is 5.92 Å². The highest BCUT2D eigenvalue weighted by Gasteiger charge is 2.23. The maximum atomic E-state index is 12.6. The number of ketones is 1. The van der Waals surface area contributed by atoms with Crippen LogP contribution in [-0.4, -0.2) is 10.8 Å². The van der Waals surface area contributed by atoms with E-state index in [9.17, 15) is 4.79 Å². The van der Waals surface area contributed by atoms with Crippen LogP contribution in [-0.2, 0) is 0 Å². The van der Waals surface area contributed by atoms with Crippen molar-refractivity contribution in [1.29, 1.82) is 0 Å². The van der Waals surface area contributed by atoms with Gasteiger partial charge in [0.2, 0.25) is 0 Å². The minimum Gasteiger partial charge on any atom is -0.332 e. The van der Waals surface area contributed by atoms with Crippen molar-refractivity contribution in [3.63, 3.8) is 0 Å². The Kier molecular flexibility index (Phi) is 5.33. The number of fused-ring (bicyclic) bond motifs is 1. The number of nitrogens with zero attached hydrogens (tertiary/aromatic N) is 1. The van der Waals surface area contributed by atoms with E-state index >= 15 is 0 Å². The first kappa shape index (κ1) is 20.0. The Balaban J connectivity index is 1.30. The van der Waals surface area contributed by atoms with Crippen LogP contribution in [0.15, 0.2) is 60.7 Å². The molecule has 1 fully saturated rings. The van der Waals surface area contributed by atoms with Crippen molar-refractivity contribution in [1.82, 2.24) is 4.98 Å². The molecule has 4 aromatic rings. The normalized spacial score (nSPS) is 14.3. The van der Waals surface area contributed by atoms with Crippen LogP contribution >= 0.6 is 11.3 Å². The number of aryl methyl sites for hydroxylation is 2. The first-order valence-electron chi connectivity index (χ1n) is 11.0. The Labute approximate surface area is 187 Å². The van der Waals surface area contributed by atoms with Gasteiger partial charge in [-0.25, -0.2) is 4.98 Å². The van der Waals surface area contributed by atoms with Crippen molar-refractivity contribution < 1.29 is 4.79 Å². The van der Waals surface area contributed by atoms with Gasteiger partial charge in [-0.2, -0.15) is 0 Å². The number of thiazole rings is 1. The van der Waals surface area contributed by atoms with Gasteiger partial charge in [-0.15, -0.1) is 0 Å². The van der Waals surface area contributed by atoms with Crippen molar-refractivity contribution in [2.24, 2.45) is 5.92 Å². The van der Waals surface area contributed by atoms with Crippen LogP contribution in [0.3, 0.4) is 0 Å². The average Bonchev–Trinajstić information content (AvgIpc) is 3.44. The molecule has 4 heteroatoms. The number of Topliss-reactive ketones (excluding diaryl/α,β-unsaturated/α-hetero) is 1. The number of benzene rings is 3. The maximum absolute atomic E-state index is 12.6. The zero-order valence-corrected chi connectivity index (χ0v) is 18.8. The second-order valence-corrected chi connectivity index (χ2v) is 9.58. The highest BCUT2D eigenvalue weighted by molar-refractivity contribution is 7.22. The predicted octanol–water partition coefficient (Wildman–Crippen LogP) is 7.70. The van der Waals surface area contributed by atoms with E-state index in [4.69, 9.17) is 4.98 Å². The van der Waals surface area contributed by atoms with Crippen molar-refractivity contribution >= 4 is 38.2 Å². The molecular weight excluding hydrogens is 400 g/mol. The second kappa shape index (κ2) is 8.27. The zero-order valence-electron chi connectivity index (χ0n) is 17.9. The van der Waals surface area contributed by atoms with E-state index in [1.165, 1.54) is 28.7 Å². The molecule has 3 nitrogen and oxygen atoms in total. The number of carbonyl (C=O) groups excluding carboxylic acids is 1. The number of anilines is 2. The minimum absolute atomic E-state index is 0.228. The molecule has 5 rings (SSSR count). The molecule has 0 aliphatic heterocycles. The fourth-order valence-electron chi connectivity index (χ4n) is 4.35. The van der Waals surface area contributed by atoms with Gasteiger partial charge in [-0.1, -0.05) is 60.6 Å². The Morgan fingerprint density at radius 3 is 2.19 bits per heavy atom. The summed E-state index contributed by atoms with van der Waals surface area (Å²) in [5, 5.41) is 4.33. The quantitative estimate of drug-likeness (QED) is 0.332. The van der Waals surface area contributed by atoms with Gasteiger partial charge < -0.3 is 5.32 Å². The van der Waals surface area contributed by atoms with Crippen LogP contribution < -0.4 is 5.32 Å². The van der Waals surface area contributed by atoms with E-state index in [2.05, 4.69) is 67.7 Å². The summed E-state index contributed by atoms with van der Waals surface area (Å²) in [4.78, 5) is 17.3. The summed E-state index contributed by atoms with van der Waals surface area (Å²) in [6.45, 7) is 4.26. The van der Waals surface area contributed by atoms with Crippen LogP contribution in [0.5, 0.6) is 0 Å². The van der Waals surface area contributed by atoms with E-state index in [0.717, 1.165) is 45.9 Å². The fourth-order valence-corrected chi connectivity index (χ4v) is 5.32. The van der Waals surface area contributed by atoms with Crippen LogP contribution in [0.2, 0.25) is 0 Å². The molecule has 1 aliphatic rings. The lowest BCUT2D eigenvalue weighted by Crippen LogP contribution is -2.10. The summed E-state index contributed by atoms with van der Waals surface area (Å²) in [5.74, 6) is 0.538. The van der Waals surface area contributed by atoms with Gasteiger partial charge in [0.1, 0.15) is 0 Å². The largest absolute Gasteiger partial charge is 0.332 e. The third-order valence-corrected chi connectivity index (χ3v) is 7.30. The number of nitrogens with one attached hydrogen (secondary N) is 1. The molecule has 3 aromatic carbocycles. The van der Waals surface area contributed by atoms with Gasteiger partial charge in [-0.05, 0) is 73.2 Å². The lowest BCUT2D eigenvalue weighted by atomic mass is 9.94. The molecule has 1 saturated carbocycles. The summed E-state index contributed by atoms with van der Waals surface area (Å²) in [6, 6.07) is 20.8. The third-order valence-electron chi connectivity index (χ3n) is 6.37. The van der Waals surface area contributed by atoms with Crippen molar-refractivity contribution in [2.45, 2.75) is 39.5 Å². The SMILES string of the molecule is Cc1cc2nc(Nc3ccc(-c4ccc(C(=O)C5CCCC5)cc4)cc3)sc2cc1C. The van der Waals surface area contributed by atoms with Gasteiger partial charge in [-0.3, -0.25) is 4.79 Å². The zero-order chi connectivity index (χ0) is 21.4. The molecule has 1 aromatic heterocycles. The summed E-state index contributed by atoms with van der Waals surface area (Å²) < 4.78 is 1.20. The Morgan fingerprint density at radius 2 is 1.52 bits per heavy atom. The smallest absolute Gasteiger partial charge is 0.188 e. The highest BCUT2D eigenvalue weighted by Crippen LogP contribution is 2.32. The summed E-state index contributed by atoms with van der Waals surface area (Å²) in [6.07, 6.45) is 4.46. The number of carbonyl (C=O) groups is 1. The standard InChI is InChI=1S/C27H26N2OS/c1-17-15-24-25(16-18(17)2)31-27(29-24)28-23-13-11-20(12-14-23)19-7-9-22(10-8-19)26(30)21-5-3-4-6-21/h7-16,21H,3-6H2,1-2H3,(H,28,29). The van der Waals surface area contributed by atoms with E-state index in [1.807, 2.05) is 12.1 Å². The second-order valence-electron chi connectivity index (χ2n) is 8.55. The van der Waals surface area contributed by atoms with Crippen molar-refractivity contribution in [3.05, 3.63) is 77.4 Å². The van der Waals surface area contributed by atoms with Crippen LogP contribution in [0.1, 0.15) is 47.2 Å². The van der Waals surface area contributed by atoms with Gasteiger partial charge in [0, 0.05) is 17.2 Å². The minimum atomic E-state index is 0.228. The molecule has 0 spiro atoms. The van der Waals surface area contributed by atoms with E-state index in [1.54, 1.807) is 11.3 Å². The molecule has 0 unspecified atom stereocenters. The molecule has 0 radical (unpaired) electrons. The first-order chi connectivity index (χ1) is 15.1. The number of hydrogen-bond acceptors (Lipinski definition) is 4. The predicted molar refractivity (Wildman–Crippen MR) is 131 cm³/mol. The fraction of sp³-hybridized carbons (Fsp3) is 0.259. The molecule has 156 valence electrons. The van der Waals surface area contributed by atoms with Gasteiger partial charge in [0.25, 0.3) is 0 Å². The average molecular weight is 427 g/mol.